The quantitative estimate of drug-likeness (QED) is 0.457. The predicted octanol–water partition coefficient (Wildman–Crippen LogP) is 0.804. The van der Waals surface area contributed by atoms with Crippen LogP contribution >= 0.6 is 0 Å². The van der Waals surface area contributed by atoms with E-state index in [-0.39, 0.29) is 22.9 Å². The molecule has 6 nitrogen and oxygen atoms in total. The normalized spacial score (nSPS) is 15.1. The van der Waals surface area contributed by atoms with E-state index in [1.807, 2.05) is 6.92 Å². The van der Waals surface area contributed by atoms with E-state index in [4.69, 9.17) is 10.8 Å². The van der Waals surface area contributed by atoms with Crippen molar-refractivity contribution < 1.29 is 18.6 Å². The number of benzene rings is 1. The van der Waals surface area contributed by atoms with E-state index >= 15 is 0 Å². The molecule has 0 aliphatic carbocycles. The molecule has 108 valence electrons. The molecular formula is C12H20N2O4S. The summed E-state index contributed by atoms with van der Waals surface area (Å²) in [6.07, 6.45) is 0.858. The molecule has 5 N–H and O–H groups in total. The van der Waals surface area contributed by atoms with Crippen LogP contribution in [0, 0.1) is 0 Å². The molecular weight excluding hydrogens is 268 g/mol. The van der Waals surface area contributed by atoms with Gasteiger partial charge in [-0.3, -0.25) is 0 Å². The first kappa shape index (κ1) is 15.7. The second-order valence-electron chi connectivity index (χ2n) is 4.71. The third-order valence-electron chi connectivity index (χ3n) is 3.13. The Morgan fingerprint density at radius 1 is 1.42 bits per heavy atom. The Labute approximate surface area is 113 Å². The first-order valence-electron chi connectivity index (χ1n) is 5.97. The first-order valence-corrected chi connectivity index (χ1v) is 7.46. The van der Waals surface area contributed by atoms with E-state index in [0.29, 0.717) is 12.8 Å². The maximum Gasteiger partial charge on any atom is 0.241 e. The summed E-state index contributed by atoms with van der Waals surface area (Å²) in [7, 11) is -3.74. The highest BCUT2D eigenvalue weighted by atomic mass is 32.2. The van der Waals surface area contributed by atoms with Crippen LogP contribution < -0.4 is 10.5 Å². The molecule has 0 aromatic heterocycles. The van der Waals surface area contributed by atoms with Crippen LogP contribution in [0.5, 0.6) is 5.75 Å². The second kappa shape index (κ2) is 5.77. The molecule has 1 unspecified atom stereocenters. The summed E-state index contributed by atoms with van der Waals surface area (Å²) in [6.45, 7) is 3.46. The van der Waals surface area contributed by atoms with E-state index in [1.165, 1.54) is 18.2 Å². The summed E-state index contributed by atoms with van der Waals surface area (Å²) >= 11 is 0. The summed E-state index contributed by atoms with van der Waals surface area (Å²) in [5, 5.41) is 18.3. The molecule has 0 aliphatic rings. The largest absolute Gasteiger partial charge is 0.506 e. The van der Waals surface area contributed by atoms with Gasteiger partial charge in [-0.1, -0.05) is 6.92 Å². The van der Waals surface area contributed by atoms with Crippen LogP contribution in [0.1, 0.15) is 26.7 Å². The van der Waals surface area contributed by atoms with Crippen LogP contribution in [-0.2, 0) is 10.0 Å². The van der Waals surface area contributed by atoms with Crippen molar-refractivity contribution in [1.29, 1.82) is 0 Å². The number of phenols is 1. The molecule has 0 saturated heterocycles. The molecule has 0 heterocycles. The topological polar surface area (TPSA) is 113 Å². The fourth-order valence-corrected chi connectivity index (χ4v) is 3.17. The van der Waals surface area contributed by atoms with Crippen molar-refractivity contribution in [3.8, 4) is 5.75 Å². The third kappa shape index (κ3) is 3.82. The highest BCUT2D eigenvalue weighted by Crippen LogP contribution is 2.25. The van der Waals surface area contributed by atoms with Crippen LogP contribution in [0.4, 0.5) is 5.69 Å². The molecule has 1 atom stereocenters. The Hall–Kier alpha value is -1.31. The summed E-state index contributed by atoms with van der Waals surface area (Å²) < 4.78 is 27.0. The first-order chi connectivity index (χ1) is 8.74. The van der Waals surface area contributed by atoms with Gasteiger partial charge in [0.15, 0.2) is 0 Å². The zero-order valence-corrected chi connectivity index (χ0v) is 11.9. The minimum Gasteiger partial charge on any atom is -0.506 e. The van der Waals surface area contributed by atoms with Gasteiger partial charge in [0.1, 0.15) is 5.75 Å². The lowest BCUT2D eigenvalue weighted by atomic mass is 9.97. The van der Waals surface area contributed by atoms with Crippen molar-refractivity contribution >= 4 is 15.7 Å². The Morgan fingerprint density at radius 2 is 2.05 bits per heavy atom. The van der Waals surface area contributed by atoms with Gasteiger partial charge in [0.05, 0.1) is 10.6 Å². The minimum absolute atomic E-state index is 0.00300. The fraction of sp³-hybridized carbons (Fsp3) is 0.500. The average Bonchev–Trinajstić information content (AvgIpc) is 2.32. The zero-order valence-electron chi connectivity index (χ0n) is 11.0. The molecule has 0 bridgehead atoms. The molecule has 1 aromatic carbocycles. The summed E-state index contributed by atoms with van der Waals surface area (Å²) in [6, 6.07) is 3.72. The van der Waals surface area contributed by atoms with Crippen molar-refractivity contribution in [2.45, 2.75) is 37.1 Å². The number of nitrogens with one attached hydrogen (secondary N) is 1. The molecule has 1 aromatic rings. The summed E-state index contributed by atoms with van der Waals surface area (Å²) in [5.74, 6) is -0.160. The maximum absolute atomic E-state index is 12.2. The van der Waals surface area contributed by atoms with Gasteiger partial charge in [0.2, 0.25) is 10.0 Å². The Bertz CT molecular complexity index is 545. The van der Waals surface area contributed by atoms with Crippen molar-refractivity contribution in [1.82, 2.24) is 4.72 Å². The molecule has 0 saturated carbocycles. The van der Waals surface area contributed by atoms with E-state index in [1.54, 1.807) is 6.92 Å². The number of aliphatic hydroxyl groups is 1. The number of anilines is 1. The van der Waals surface area contributed by atoms with Gasteiger partial charge >= 0.3 is 0 Å². The van der Waals surface area contributed by atoms with Gasteiger partial charge in [-0.15, -0.1) is 0 Å². The van der Waals surface area contributed by atoms with Crippen molar-refractivity contribution in [2.24, 2.45) is 0 Å². The number of sulfonamides is 1. The number of nitrogens with two attached hydrogens (primary N) is 1. The Morgan fingerprint density at radius 3 is 2.53 bits per heavy atom. The van der Waals surface area contributed by atoms with E-state index in [2.05, 4.69) is 4.72 Å². The van der Waals surface area contributed by atoms with Crippen LogP contribution in [0.2, 0.25) is 0 Å². The van der Waals surface area contributed by atoms with Gasteiger partial charge in [0.25, 0.3) is 0 Å². The number of rotatable bonds is 6. The summed E-state index contributed by atoms with van der Waals surface area (Å²) in [4.78, 5) is -0.0135. The highest BCUT2D eigenvalue weighted by Gasteiger charge is 2.28. The number of phenolic OH excluding ortho intramolecular Hbond substituents is 1. The lowest BCUT2D eigenvalue weighted by Crippen LogP contribution is -2.46. The van der Waals surface area contributed by atoms with Gasteiger partial charge in [-0.05, 0) is 38.0 Å². The van der Waals surface area contributed by atoms with Crippen LogP contribution in [0.3, 0.4) is 0 Å². The van der Waals surface area contributed by atoms with Crippen molar-refractivity contribution in [3.63, 3.8) is 0 Å². The van der Waals surface area contributed by atoms with Crippen molar-refractivity contribution in [2.75, 3.05) is 12.3 Å². The lowest BCUT2D eigenvalue weighted by Gasteiger charge is -2.28. The molecule has 19 heavy (non-hydrogen) atoms. The lowest BCUT2D eigenvalue weighted by molar-refractivity contribution is 0.233. The smallest absolute Gasteiger partial charge is 0.241 e. The van der Waals surface area contributed by atoms with Crippen LogP contribution in [0.25, 0.3) is 0 Å². The van der Waals surface area contributed by atoms with Crippen molar-refractivity contribution in [3.05, 3.63) is 18.2 Å². The number of aliphatic hydroxyl groups excluding tert-OH is 1. The number of nitrogen functional groups attached to an aromatic ring is 1. The van der Waals surface area contributed by atoms with Gasteiger partial charge in [-0.25, -0.2) is 13.1 Å². The molecule has 1 rings (SSSR count). The number of hydrogen-bond donors (Lipinski definition) is 4. The third-order valence-corrected chi connectivity index (χ3v) is 4.77. The zero-order chi connectivity index (χ0) is 14.7. The Kier molecular flexibility index (Phi) is 4.78. The molecule has 0 fully saturated rings. The molecule has 0 aliphatic heterocycles. The number of hydrogen-bond acceptors (Lipinski definition) is 5. The van der Waals surface area contributed by atoms with Crippen LogP contribution in [0.15, 0.2) is 23.1 Å². The fourth-order valence-electron chi connectivity index (χ4n) is 1.63. The molecule has 0 spiro atoms. The molecule has 0 radical (unpaired) electrons. The van der Waals surface area contributed by atoms with E-state index in [9.17, 15) is 13.5 Å². The summed E-state index contributed by atoms with van der Waals surface area (Å²) in [5.41, 5.74) is 4.77. The van der Waals surface area contributed by atoms with E-state index < -0.39 is 15.6 Å². The maximum atomic E-state index is 12.2. The van der Waals surface area contributed by atoms with Gasteiger partial charge in [0, 0.05) is 12.1 Å². The van der Waals surface area contributed by atoms with E-state index in [0.717, 1.165) is 0 Å². The SMILES string of the molecule is CCC(C)(CCO)NS(=O)(=O)c1ccc(O)c(N)c1. The minimum atomic E-state index is -3.74. The highest BCUT2D eigenvalue weighted by molar-refractivity contribution is 7.89. The molecule has 7 heteroatoms. The Balaban J connectivity index is 3.07. The average molecular weight is 288 g/mol. The monoisotopic (exact) mass is 288 g/mol. The van der Waals surface area contributed by atoms with Gasteiger partial charge in [-0.2, -0.15) is 0 Å². The number of aromatic hydroxyl groups is 1. The van der Waals surface area contributed by atoms with Gasteiger partial charge < -0.3 is 15.9 Å². The standard InChI is InChI=1S/C12H20N2O4S/c1-3-12(2,6-7-15)14-19(17,18)9-4-5-11(16)10(13)8-9/h4-5,8,14-16H,3,6-7,13H2,1-2H3. The molecule has 0 amide bonds. The predicted molar refractivity (Wildman–Crippen MR) is 73.2 cm³/mol. The van der Waals surface area contributed by atoms with Crippen LogP contribution in [-0.4, -0.2) is 30.8 Å². The second-order valence-corrected chi connectivity index (χ2v) is 6.40.